The van der Waals surface area contributed by atoms with Crippen molar-refractivity contribution >= 4 is 27.9 Å². The minimum Gasteiger partial charge on any atom is -0.473 e. The summed E-state index contributed by atoms with van der Waals surface area (Å²) in [5, 5.41) is 5.01. The smallest absolute Gasteiger partial charge is 0.324 e. The molecular formula is C12H11BrN4O2. The molecule has 2 aromatic rings. The molecule has 1 heterocycles. The highest BCUT2D eigenvalue weighted by Gasteiger charge is 2.03. The first-order chi connectivity index (χ1) is 9.24. The van der Waals surface area contributed by atoms with Crippen molar-refractivity contribution in [3.05, 3.63) is 47.2 Å². The fraction of sp³-hybridized carbons (Fsp3) is 0.0833. The third-order valence-corrected chi connectivity index (χ3v) is 2.47. The maximum absolute atomic E-state index is 11.5. The minimum absolute atomic E-state index is 0.0619. The molecule has 0 saturated heterocycles. The normalized spacial score (nSPS) is 9.74. The monoisotopic (exact) mass is 322 g/mol. The van der Waals surface area contributed by atoms with Crippen molar-refractivity contribution in [1.82, 2.24) is 15.3 Å². The number of aromatic nitrogens is 2. The van der Waals surface area contributed by atoms with Gasteiger partial charge in [-0.15, -0.1) is 0 Å². The molecule has 0 spiro atoms. The van der Waals surface area contributed by atoms with Crippen LogP contribution in [-0.4, -0.2) is 22.7 Å². The van der Waals surface area contributed by atoms with Gasteiger partial charge in [0, 0.05) is 12.4 Å². The van der Waals surface area contributed by atoms with Gasteiger partial charge in [-0.2, -0.15) is 0 Å². The third kappa shape index (κ3) is 4.55. The summed E-state index contributed by atoms with van der Waals surface area (Å²) in [7, 11) is 0. The summed E-state index contributed by atoms with van der Waals surface area (Å²) in [6, 6.07) is 8.77. The second kappa shape index (κ2) is 6.69. The average molecular weight is 323 g/mol. The summed E-state index contributed by atoms with van der Waals surface area (Å²) in [6.45, 7) is 0.0619. The Morgan fingerprint density at radius 2 is 1.89 bits per heavy atom. The fourth-order valence-corrected chi connectivity index (χ4v) is 1.43. The summed E-state index contributed by atoms with van der Waals surface area (Å²) < 4.78 is 6.05. The van der Waals surface area contributed by atoms with Crippen LogP contribution in [0.4, 0.5) is 10.7 Å². The molecule has 0 aliphatic rings. The summed E-state index contributed by atoms with van der Waals surface area (Å²) in [5.41, 5.74) is 0. The van der Waals surface area contributed by atoms with E-state index in [4.69, 9.17) is 4.74 Å². The lowest BCUT2D eigenvalue weighted by molar-refractivity contribution is 0.234. The maximum atomic E-state index is 11.5. The number of nitrogens with one attached hydrogen (secondary N) is 2. The van der Waals surface area contributed by atoms with E-state index in [2.05, 4.69) is 36.5 Å². The lowest BCUT2D eigenvalue weighted by atomic mass is 10.3. The third-order valence-electron chi connectivity index (χ3n) is 2.06. The Morgan fingerprint density at radius 1 is 1.21 bits per heavy atom. The molecule has 0 aliphatic heterocycles. The van der Waals surface area contributed by atoms with Crippen LogP contribution < -0.4 is 15.4 Å². The quantitative estimate of drug-likeness (QED) is 0.847. The van der Waals surface area contributed by atoms with Gasteiger partial charge in [0.25, 0.3) is 0 Å². The van der Waals surface area contributed by atoms with E-state index in [0.29, 0.717) is 5.75 Å². The molecule has 2 rings (SSSR count). The van der Waals surface area contributed by atoms with Crippen LogP contribution in [0.5, 0.6) is 5.75 Å². The zero-order valence-electron chi connectivity index (χ0n) is 9.84. The Bertz CT molecular complexity index is 533. The number of ether oxygens (including phenoxy) is 1. The number of amides is 2. The Morgan fingerprint density at radius 3 is 2.58 bits per heavy atom. The van der Waals surface area contributed by atoms with E-state index in [9.17, 15) is 4.79 Å². The lowest BCUT2D eigenvalue weighted by Crippen LogP contribution is -2.32. The molecular weight excluding hydrogens is 312 g/mol. The molecule has 0 atom stereocenters. The van der Waals surface area contributed by atoms with Gasteiger partial charge in [0.2, 0.25) is 5.95 Å². The van der Waals surface area contributed by atoms with Crippen molar-refractivity contribution in [3.8, 4) is 5.75 Å². The molecule has 0 radical (unpaired) electrons. The number of carbonyl (C=O) groups excluding carboxylic acids is 1. The van der Waals surface area contributed by atoms with Crippen LogP contribution in [0.25, 0.3) is 0 Å². The minimum atomic E-state index is -0.432. The predicted molar refractivity (Wildman–Crippen MR) is 73.8 cm³/mol. The number of carbonyl (C=O) groups is 1. The summed E-state index contributed by atoms with van der Waals surface area (Å²) in [4.78, 5) is 19.3. The number of benzene rings is 1. The van der Waals surface area contributed by atoms with Gasteiger partial charge in [-0.1, -0.05) is 18.2 Å². The Labute approximate surface area is 118 Å². The Kier molecular flexibility index (Phi) is 4.68. The van der Waals surface area contributed by atoms with Crippen LogP contribution in [0, 0.1) is 0 Å². The van der Waals surface area contributed by atoms with E-state index >= 15 is 0 Å². The van der Waals surface area contributed by atoms with Crippen molar-refractivity contribution in [3.63, 3.8) is 0 Å². The second-order valence-corrected chi connectivity index (χ2v) is 4.37. The number of hydrogen-bond donors (Lipinski definition) is 2. The highest BCUT2D eigenvalue weighted by atomic mass is 79.9. The maximum Gasteiger partial charge on any atom is 0.324 e. The lowest BCUT2D eigenvalue weighted by Gasteiger charge is -2.08. The van der Waals surface area contributed by atoms with Crippen molar-refractivity contribution in [2.45, 2.75) is 0 Å². The van der Waals surface area contributed by atoms with Crippen molar-refractivity contribution in [2.75, 3.05) is 12.0 Å². The summed E-state index contributed by atoms with van der Waals surface area (Å²) in [5.74, 6) is 0.906. The summed E-state index contributed by atoms with van der Waals surface area (Å²) >= 11 is 3.21. The predicted octanol–water partition coefficient (Wildman–Crippen LogP) is 2.40. The number of rotatable bonds is 4. The van der Waals surface area contributed by atoms with Gasteiger partial charge in [-0.05, 0) is 28.1 Å². The molecule has 0 aliphatic carbocycles. The number of hydrogen-bond acceptors (Lipinski definition) is 4. The largest absolute Gasteiger partial charge is 0.473 e. The molecule has 1 aromatic carbocycles. The van der Waals surface area contributed by atoms with Crippen molar-refractivity contribution < 1.29 is 9.53 Å². The molecule has 2 amide bonds. The molecule has 1 aromatic heterocycles. The van der Waals surface area contributed by atoms with Crippen LogP contribution in [0.15, 0.2) is 47.2 Å². The number of nitrogens with zero attached hydrogens (tertiary/aromatic N) is 2. The van der Waals surface area contributed by atoms with Gasteiger partial charge in [0.05, 0.1) is 4.47 Å². The van der Waals surface area contributed by atoms with Gasteiger partial charge in [0.1, 0.15) is 5.75 Å². The van der Waals surface area contributed by atoms with Crippen molar-refractivity contribution in [1.29, 1.82) is 0 Å². The van der Waals surface area contributed by atoms with E-state index in [1.165, 1.54) is 0 Å². The number of halogens is 1. The Balaban J connectivity index is 1.74. The van der Waals surface area contributed by atoms with Crippen LogP contribution in [-0.2, 0) is 0 Å². The average Bonchev–Trinajstić information content (AvgIpc) is 2.43. The second-order valence-electron chi connectivity index (χ2n) is 3.46. The van der Waals surface area contributed by atoms with E-state index in [1.807, 2.05) is 18.2 Å². The molecule has 2 N–H and O–H groups in total. The number of anilines is 1. The molecule has 0 bridgehead atoms. The first-order valence-corrected chi connectivity index (χ1v) is 6.23. The van der Waals surface area contributed by atoms with Crippen LogP contribution in [0.2, 0.25) is 0 Å². The molecule has 6 nitrogen and oxygen atoms in total. The van der Waals surface area contributed by atoms with Gasteiger partial charge in [0.15, 0.2) is 6.73 Å². The highest BCUT2D eigenvalue weighted by Crippen LogP contribution is 2.08. The van der Waals surface area contributed by atoms with Crippen LogP contribution in [0.3, 0.4) is 0 Å². The van der Waals surface area contributed by atoms with E-state index in [-0.39, 0.29) is 12.7 Å². The van der Waals surface area contributed by atoms with Gasteiger partial charge < -0.3 is 10.1 Å². The fourth-order valence-electron chi connectivity index (χ4n) is 1.22. The Hall–Kier alpha value is -2.15. The molecule has 98 valence electrons. The standard InChI is InChI=1S/C12H11BrN4O2/c13-9-6-14-11(15-7-9)17-12(18)16-8-19-10-4-2-1-3-5-10/h1-7H,8H2,(H2,14,15,16,17,18). The van der Waals surface area contributed by atoms with Gasteiger partial charge >= 0.3 is 6.03 Å². The van der Waals surface area contributed by atoms with Crippen LogP contribution in [0.1, 0.15) is 0 Å². The molecule has 0 saturated carbocycles. The zero-order chi connectivity index (χ0) is 13.5. The van der Waals surface area contributed by atoms with Gasteiger partial charge in [-0.25, -0.2) is 14.8 Å². The number of para-hydroxylation sites is 1. The van der Waals surface area contributed by atoms with E-state index in [1.54, 1.807) is 24.5 Å². The SMILES string of the molecule is O=C(NCOc1ccccc1)Nc1ncc(Br)cn1. The topological polar surface area (TPSA) is 76.1 Å². The number of urea groups is 1. The molecule has 19 heavy (non-hydrogen) atoms. The highest BCUT2D eigenvalue weighted by molar-refractivity contribution is 9.10. The van der Waals surface area contributed by atoms with E-state index in [0.717, 1.165) is 4.47 Å². The van der Waals surface area contributed by atoms with Crippen molar-refractivity contribution in [2.24, 2.45) is 0 Å². The molecule has 0 fully saturated rings. The molecule has 0 unspecified atom stereocenters. The molecule has 7 heteroatoms. The zero-order valence-corrected chi connectivity index (χ0v) is 11.4. The first-order valence-electron chi connectivity index (χ1n) is 5.44. The summed E-state index contributed by atoms with van der Waals surface area (Å²) in [6.07, 6.45) is 3.09. The van der Waals surface area contributed by atoms with Gasteiger partial charge in [-0.3, -0.25) is 5.32 Å². The first kappa shape index (κ1) is 13.3. The van der Waals surface area contributed by atoms with E-state index < -0.39 is 6.03 Å². The van der Waals surface area contributed by atoms with Crippen LogP contribution >= 0.6 is 15.9 Å².